The molecule has 0 saturated heterocycles. The molecule has 0 heterocycles. The Bertz CT molecular complexity index is 354. The van der Waals surface area contributed by atoms with E-state index in [1.807, 2.05) is 0 Å². The Morgan fingerprint density at radius 1 is 1.11 bits per heavy atom. The van der Waals surface area contributed by atoms with Crippen molar-refractivity contribution in [1.29, 1.82) is 0 Å². The minimum atomic E-state index is -5.75. The van der Waals surface area contributed by atoms with Crippen LogP contribution >= 0.6 is 0 Å². The minimum Gasteiger partial charge on any atom is -0.482 e. The number of carbonyl (C=O) groups is 1. The molecular formula is C10H10F6O3. The van der Waals surface area contributed by atoms with Crippen molar-refractivity contribution in [2.45, 2.75) is 25.4 Å². The number of ether oxygens (including phenoxy) is 2. The lowest BCUT2D eigenvalue weighted by Gasteiger charge is -2.22. The largest absolute Gasteiger partial charge is 0.482 e. The van der Waals surface area contributed by atoms with Gasteiger partial charge in [0.1, 0.15) is 5.76 Å². The van der Waals surface area contributed by atoms with Gasteiger partial charge in [-0.25, -0.2) is 4.79 Å². The standard InChI is InChI=1S/C10H10F6O3/c1-5(2)6(3)18-4-7(17)19-8(9(11,12)13)10(14,15)16/h8H,1,3-4H2,2H3. The van der Waals surface area contributed by atoms with Crippen molar-refractivity contribution < 1.29 is 40.6 Å². The van der Waals surface area contributed by atoms with Gasteiger partial charge in [-0.1, -0.05) is 13.2 Å². The molecule has 0 fully saturated rings. The summed E-state index contributed by atoms with van der Waals surface area (Å²) in [6.45, 7) is 6.85. The summed E-state index contributed by atoms with van der Waals surface area (Å²) in [5.74, 6) is -1.96. The molecule has 0 aromatic rings. The van der Waals surface area contributed by atoms with Crippen LogP contribution in [0.15, 0.2) is 24.5 Å². The SMILES string of the molecule is C=C(C)C(=C)OCC(=O)OC(C(F)(F)F)C(F)(F)F. The van der Waals surface area contributed by atoms with Crippen LogP contribution in [0.4, 0.5) is 26.3 Å². The van der Waals surface area contributed by atoms with Crippen LogP contribution < -0.4 is 0 Å². The fourth-order valence-corrected chi connectivity index (χ4v) is 0.754. The van der Waals surface area contributed by atoms with Crippen molar-refractivity contribution in [3.8, 4) is 0 Å². The first kappa shape index (κ1) is 17.3. The molecule has 0 spiro atoms. The van der Waals surface area contributed by atoms with E-state index in [0.29, 0.717) is 0 Å². The lowest BCUT2D eigenvalue weighted by molar-refractivity contribution is -0.313. The van der Waals surface area contributed by atoms with Gasteiger partial charge in [-0.15, -0.1) is 0 Å². The molecule has 0 rings (SSSR count). The van der Waals surface area contributed by atoms with Gasteiger partial charge in [0.2, 0.25) is 0 Å². The summed E-state index contributed by atoms with van der Waals surface area (Å²) in [6.07, 6.45) is -15.7. The Kier molecular flexibility index (Phi) is 5.46. The lowest BCUT2D eigenvalue weighted by atomic mass is 10.3. The first-order valence-electron chi connectivity index (χ1n) is 4.66. The fraction of sp³-hybridized carbons (Fsp3) is 0.500. The Morgan fingerprint density at radius 2 is 1.53 bits per heavy atom. The number of hydrogen-bond acceptors (Lipinski definition) is 3. The van der Waals surface area contributed by atoms with Crippen molar-refractivity contribution in [2.75, 3.05) is 6.61 Å². The Hall–Kier alpha value is -1.67. The molecule has 9 heteroatoms. The first-order valence-corrected chi connectivity index (χ1v) is 4.66. The molecule has 19 heavy (non-hydrogen) atoms. The van der Waals surface area contributed by atoms with Crippen LogP contribution in [-0.2, 0) is 14.3 Å². The summed E-state index contributed by atoms with van der Waals surface area (Å²) in [7, 11) is 0. The van der Waals surface area contributed by atoms with Crippen molar-refractivity contribution in [1.82, 2.24) is 0 Å². The average Bonchev–Trinajstić information content (AvgIpc) is 2.18. The molecule has 0 N–H and O–H groups in total. The second kappa shape index (κ2) is 5.98. The second-order valence-electron chi connectivity index (χ2n) is 3.45. The second-order valence-corrected chi connectivity index (χ2v) is 3.45. The Labute approximate surface area is 104 Å². The number of allylic oxidation sites excluding steroid dienone is 1. The monoisotopic (exact) mass is 292 g/mol. The number of rotatable bonds is 5. The molecule has 110 valence electrons. The van der Waals surface area contributed by atoms with Gasteiger partial charge in [-0.3, -0.25) is 0 Å². The van der Waals surface area contributed by atoms with Crippen LogP contribution in [0, 0.1) is 0 Å². The van der Waals surface area contributed by atoms with Crippen LogP contribution in [0.25, 0.3) is 0 Å². The maximum atomic E-state index is 12.0. The van der Waals surface area contributed by atoms with E-state index in [9.17, 15) is 31.1 Å². The summed E-state index contributed by atoms with van der Waals surface area (Å²) in [6, 6.07) is 0. The summed E-state index contributed by atoms with van der Waals surface area (Å²) < 4.78 is 80.0. The number of alkyl halides is 6. The molecule has 0 aliphatic heterocycles. The van der Waals surface area contributed by atoms with E-state index >= 15 is 0 Å². The van der Waals surface area contributed by atoms with E-state index in [2.05, 4.69) is 22.6 Å². The number of hydrogen-bond donors (Lipinski definition) is 0. The molecule has 0 bridgehead atoms. The zero-order chi connectivity index (χ0) is 15.4. The molecule has 0 aromatic carbocycles. The smallest absolute Gasteiger partial charge is 0.434 e. The van der Waals surface area contributed by atoms with Gasteiger partial charge >= 0.3 is 18.3 Å². The Morgan fingerprint density at radius 3 is 1.84 bits per heavy atom. The summed E-state index contributed by atoms with van der Waals surface area (Å²) >= 11 is 0. The van der Waals surface area contributed by atoms with Gasteiger partial charge in [0.05, 0.1) is 0 Å². The highest BCUT2D eigenvalue weighted by atomic mass is 19.4. The van der Waals surface area contributed by atoms with Gasteiger partial charge in [0.25, 0.3) is 6.10 Å². The van der Waals surface area contributed by atoms with Gasteiger partial charge in [-0.2, -0.15) is 26.3 Å². The van der Waals surface area contributed by atoms with E-state index in [1.165, 1.54) is 6.92 Å². The number of esters is 1. The first-order chi connectivity index (χ1) is 8.35. The molecule has 0 aromatic heterocycles. The van der Waals surface area contributed by atoms with Gasteiger partial charge < -0.3 is 9.47 Å². The van der Waals surface area contributed by atoms with Crippen molar-refractivity contribution in [3.63, 3.8) is 0 Å². The lowest BCUT2D eigenvalue weighted by Crippen LogP contribution is -2.46. The maximum Gasteiger partial charge on any atom is 0.434 e. The van der Waals surface area contributed by atoms with Crippen molar-refractivity contribution in [2.24, 2.45) is 0 Å². The minimum absolute atomic E-state index is 0.146. The third-order valence-corrected chi connectivity index (χ3v) is 1.68. The number of carbonyl (C=O) groups excluding carboxylic acids is 1. The van der Waals surface area contributed by atoms with Crippen LogP contribution in [0.5, 0.6) is 0 Å². The highest BCUT2D eigenvalue weighted by Crippen LogP contribution is 2.35. The van der Waals surface area contributed by atoms with E-state index in [-0.39, 0.29) is 11.3 Å². The molecule has 0 amide bonds. The average molecular weight is 292 g/mol. The van der Waals surface area contributed by atoms with E-state index in [1.54, 1.807) is 0 Å². The van der Waals surface area contributed by atoms with Gasteiger partial charge in [0.15, 0.2) is 6.61 Å². The zero-order valence-corrected chi connectivity index (χ0v) is 9.69. The maximum absolute atomic E-state index is 12.0. The zero-order valence-electron chi connectivity index (χ0n) is 9.69. The van der Waals surface area contributed by atoms with Gasteiger partial charge in [-0.05, 0) is 12.5 Å². The highest BCUT2D eigenvalue weighted by Gasteiger charge is 2.59. The highest BCUT2D eigenvalue weighted by molar-refractivity contribution is 5.71. The molecule has 0 unspecified atom stereocenters. The van der Waals surface area contributed by atoms with Crippen molar-refractivity contribution >= 4 is 5.97 Å². The third kappa shape index (κ3) is 6.16. The van der Waals surface area contributed by atoms with Crippen LogP contribution in [0.2, 0.25) is 0 Å². The summed E-state index contributed by atoms with van der Waals surface area (Å²) in [4.78, 5) is 10.9. The molecule has 0 atom stereocenters. The molecule has 3 nitrogen and oxygen atoms in total. The summed E-state index contributed by atoms with van der Waals surface area (Å²) in [5, 5.41) is 0. The van der Waals surface area contributed by atoms with E-state index < -0.39 is 31.0 Å². The predicted molar refractivity (Wildman–Crippen MR) is 51.9 cm³/mol. The molecule has 0 saturated carbocycles. The van der Waals surface area contributed by atoms with Gasteiger partial charge in [0, 0.05) is 0 Å². The van der Waals surface area contributed by atoms with Crippen molar-refractivity contribution in [3.05, 3.63) is 24.5 Å². The van der Waals surface area contributed by atoms with E-state index in [0.717, 1.165) is 0 Å². The molecular weight excluding hydrogens is 282 g/mol. The third-order valence-electron chi connectivity index (χ3n) is 1.68. The fourth-order valence-electron chi connectivity index (χ4n) is 0.754. The predicted octanol–water partition coefficient (Wildman–Crippen LogP) is 3.13. The topological polar surface area (TPSA) is 35.5 Å². The molecule has 0 aliphatic carbocycles. The summed E-state index contributed by atoms with van der Waals surface area (Å²) in [5.41, 5.74) is 0.260. The number of halogens is 6. The Balaban J connectivity index is 4.59. The van der Waals surface area contributed by atoms with Crippen LogP contribution in [-0.4, -0.2) is 31.0 Å². The van der Waals surface area contributed by atoms with E-state index in [4.69, 9.17) is 0 Å². The van der Waals surface area contributed by atoms with Crippen LogP contribution in [0.1, 0.15) is 6.92 Å². The quantitative estimate of drug-likeness (QED) is 0.338. The van der Waals surface area contributed by atoms with Crippen LogP contribution in [0.3, 0.4) is 0 Å². The normalized spacial score (nSPS) is 12.2. The molecule has 0 aliphatic rings. The molecule has 0 radical (unpaired) electrons.